The summed E-state index contributed by atoms with van der Waals surface area (Å²) in [5.74, 6) is 2.65. The predicted octanol–water partition coefficient (Wildman–Crippen LogP) is 2.65. The molecule has 0 fully saturated rings. The van der Waals surface area contributed by atoms with Crippen molar-refractivity contribution in [2.75, 3.05) is 18.1 Å². The Labute approximate surface area is 75.1 Å². The number of unbranched alkanes of at least 4 members (excludes halogenated alkanes) is 3. The molecule has 2 N–H and O–H groups in total. The Morgan fingerprint density at radius 1 is 1.00 bits per heavy atom. The molecule has 0 aliphatic heterocycles. The molecule has 2 heteroatoms. The number of hydrogen-bond acceptors (Lipinski definition) is 2. The van der Waals surface area contributed by atoms with Crippen molar-refractivity contribution in [1.82, 2.24) is 0 Å². The molecule has 0 aliphatic rings. The molecule has 1 nitrogen and oxygen atoms in total. The molecule has 0 unspecified atom stereocenters. The van der Waals surface area contributed by atoms with Crippen molar-refractivity contribution in [2.24, 2.45) is 5.73 Å². The van der Waals surface area contributed by atoms with E-state index in [1.165, 1.54) is 43.6 Å². The molecule has 0 saturated heterocycles. The van der Waals surface area contributed by atoms with Crippen LogP contribution in [0.25, 0.3) is 0 Å². The average molecular weight is 175 g/mol. The van der Waals surface area contributed by atoms with Gasteiger partial charge in [0.05, 0.1) is 0 Å². The second-order valence-electron chi connectivity index (χ2n) is 2.82. The van der Waals surface area contributed by atoms with Crippen LogP contribution in [0.1, 0.15) is 39.0 Å². The van der Waals surface area contributed by atoms with E-state index < -0.39 is 0 Å². The molecule has 0 radical (unpaired) electrons. The fourth-order valence-corrected chi connectivity index (χ4v) is 1.93. The zero-order valence-electron chi connectivity index (χ0n) is 7.64. The van der Waals surface area contributed by atoms with Gasteiger partial charge in [-0.15, -0.1) is 0 Å². The summed E-state index contributed by atoms with van der Waals surface area (Å²) in [4.78, 5) is 0. The molecular weight excluding hydrogens is 154 g/mol. The second kappa shape index (κ2) is 10.3. The van der Waals surface area contributed by atoms with Crippen molar-refractivity contribution in [3.05, 3.63) is 0 Å². The van der Waals surface area contributed by atoms with Crippen molar-refractivity contribution < 1.29 is 0 Å². The third kappa shape index (κ3) is 10.3. The minimum Gasteiger partial charge on any atom is -0.330 e. The van der Waals surface area contributed by atoms with E-state index in [4.69, 9.17) is 5.73 Å². The van der Waals surface area contributed by atoms with Gasteiger partial charge in [0.1, 0.15) is 0 Å². The van der Waals surface area contributed by atoms with E-state index >= 15 is 0 Å². The second-order valence-corrected chi connectivity index (χ2v) is 4.04. The zero-order valence-corrected chi connectivity index (χ0v) is 8.46. The number of nitrogens with two attached hydrogens (primary N) is 1. The molecule has 0 heterocycles. The van der Waals surface area contributed by atoms with Gasteiger partial charge in [0.15, 0.2) is 0 Å². The monoisotopic (exact) mass is 175 g/mol. The Morgan fingerprint density at radius 2 is 1.64 bits per heavy atom. The standard InChI is InChI=1S/C9H21NS/c1-2-3-5-8-11-9-6-4-7-10/h2-10H2,1H3. The third-order valence-corrected chi connectivity index (χ3v) is 2.79. The number of hydrogen-bond donors (Lipinski definition) is 1. The van der Waals surface area contributed by atoms with E-state index in [2.05, 4.69) is 18.7 Å². The highest BCUT2D eigenvalue weighted by molar-refractivity contribution is 7.99. The van der Waals surface area contributed by atoms with Crippen LogP contribution >= 0.6 is 11.8 Å². The van der Waals surface area contributed by atoms with Crippen LogP contribution in [0, 0.1) is 0 Å². The van der Waals surface area contributed by atoms with E-state index in [0.29, 0.717) is 0 Å². The van der Waals surface area contributed by atoms with Crippen LogP contribution < -0.4 is 5.73 Å². The number of thioether (sulfide) groups is 1. The van der Waals surface area contributed by atoms with Gasteiger partial charge >= 0.3 is 0 Å². The SMILES string of the molecule is CCCCCSCCCCN. The summed E-state index contributed by atoms with van der Waals surface area (Å²) < 4.78 is 0. The van der Waals surface area contributed by atoms with Gasteiger partial charge in [-0.2, -0.15) is 11.8 Å². The fourth-order valence-electron chi connectivity index (χ4n) is 0.905. The molecule has 0 spiro atoms. The molecule has 0 aliphatic carbocycles. The summed E-state index contributed by atoms with van der Waals surface area (Å²) >= 11 is 2.08. The van der Waals surface area contributed by atoms with E-state index in [-0.39, 0.29) is 0 Å². The van der Waals surface area contributed by atoms with Crippen molar-refractivity contribution >= 4 is 11.8 Å². The Morgan fingerprint density at radius 3 is 2.18 bits per heavy atom. The summed E-state index contributed by atoms with van der Waals surface area (Å²) in [6.45, 7) is 3.11. The summed E-state index contributed by atoms with van der Waals surface area (Å²) in [6, 6.07) is 0. The normalized spacial score (nSPS) is 10.4. The highest BCUT2D eigenvalue weighted by atomic mass is 32.2. The topological polar surface area (TPSA) is 26.0 Å². The predicted molar refractivity (Wildman–Crippen MR) is 55.1 cm³/mol. The molecule has 0 amide bonds. The maximum absolute atomic E-state index is 5.38. The van der Waals surface area contributed by atoms with Crippen LogP contribution in [-0.4, -0.2) is 18.1 Å². The molecule has 0 bridgehead atoms. The minimum atomic E-state index is 0.857. The van der Waals surface area contributed by atoms with Gasteiger partial charge < -0.3 is 5.73 Å². The summed E-state index contributed by atoms with van der Waals surface area (Å²) in [6.07, 6.45) is 6.62. The van der Waals surface area contributed by atoms with Crippen LogP contribution in [0.3, 0.4) is 0 Å². The molecule has 68 valence electrons. The fraction of sp³-hybridized carbons (Fsp3) is 1.00. The van der Waals surface area contributed by atoms with Crippen LogP contribution in [0.2, 0.25) is 0 Å². The van der Waals surface area contributed by atoms with Crippen molar-refractivity contribution in [1.29, 1.82) is 0 Å². The van der Waals surface area contributed by atoms with Crippen LogP contribution in [0.5, 0.6) is 0 Å². The Bertz CT molecular complexity index is 58.6. The smallest absolute Gasteiger partial charge is 0.00671 e. The summed E-state index contributed by atoms with van der Waals surface area (Å²) in [5.41, 5.74) is 5.38. The van der Waals surface area contributed by atoms with Crippen molar-refractivity contribution in [3.8, 4) is 0 Å². The maximum atomic E-state index is 5.38. The van der Waals surface area contributed by atoms with E-state index in [0.717, 1.165) is 6.54 Å². The van der Waals surface area contributed by atoms with Gasteiger partial charge in [-0.1, -0.05) is 19.8 Å². The Balaban J connectivity index is 2.69. The lowest BCUT2D eigenvalue weighted by atomic mass is 10.3. The van der Waals surface area contributed by atoms with Gasteiger partial charge in [0.2, 0.25) is 0 Å². The van der Waals surface area contributed by atoms with Crippen molar-refractivity contribution in [3.63, 3.8) is 0 Å². The lowest BCUT2D eigenvalue weighted by Crippen LogP contribution is -1.98. The summed E-state index contributed by atoms with van der Waals surface area (Å²) in [7, 11) is 0. The summed E-state index contributed by atoms with van der Waals surface area (Å²) in [5, 5.41) is 0. The molecule has 11 heavy (non-hydrogen) atoms. The highest BCUT2D eigenvalue weighted by Gasteiger charge is 1.89. The zero-order chi connectivity index (χ0) is 8.36. The first-order chi connectivity index (χ1) is 5.41. The van der Waals surface area contributed by atoms with E-state index in [1.807, 2.05) is 0 Å². The van der Waals surface area contributed by atoms with Gasteiger partial charge in [-0.25, -0.2) is 0 Å². The lowest BCUT2D eigenvalue weighted by molar-refractivity contribution is 0.776. The molecule has 0 atom stereocenters. The van der Waals surface area contributed by atoms with Crippen molar-refractivity contribution in [2.45, 2.75) is 39.0 Å². The van der Waals surface area contributed by atoms with E-state index in [9.17, 15) is 0 Å². The maximum Gasteiger partial charge on any atom is -0.00671 e. The van der Waals surface area contributed by atoms with Crippen LogP contribution in [0.15, 0.2) is 0 Å². The number of rotatable bonds is 8. The van der Waals surface area contributed by atoms with Gasteiger partial charge in [-0.05, 0) is 37.3 Å². The van der Waals surface area contributed by atoms with E-state index in [1.54, 1.807) is 0 Å². The third-order valence-electron chi connectivity index (χ3n) is 1.64. The van der Waals surface area contributed by atoms with Gasteiger partial charge in [-0.3, -0.25) is 0 Å². The highest BCUT2D eigenvalue weighted by Crippen LogP contribution is 2.08. The minimum absolute atomic E-state index is 0.857. The quantitative estimate of drug-likeness (QED) is 0.574. The first-order valence-electron chi connectivity index (χ1n) is 4.69. The van der Waals surface area contributed by atoms with Crippen LogP contribution in [-0.2, 0) is 0 Å². The lowest BCUT2D eigenvalue weighted by Gasteiger charge is -1.99. The Kier molecular flexibility index (Phi) is 10.6. The molecular formula is C9H21NS. The average Bonchev–Trinajstić information content (AvgIpc) is 2.03. The molecule has 0 saturated carbocycles. The van der Waals surface area contributed by atoms with Crippen LogP contribution in [0.4, 0.5) is 0 Å². The van der Waals surface area contributed by atoms with Gasteiger partial charge in [0, 0.05) is 0 Å². The van der Waals surface area contributed by atoms with Gasteiger partial charge in [0.25, 0.3) is 0 Å². The molecule has 0 aromatic carbocycles. The first kappa shape index (κ1) is 11.3. The molecule has 0 aromatic rings. The molecule has 0 rings (SSSR count). The molecule has 0 aromatic heterocycles. The first-order valence-corrected chi connectivity index (χ1v) is 5.85. The Hall–Kier alpha value is 0.310. The largest absolute Gasteiger partial charge is 0.330 e.